The van der Waals surface area contributed by atoms with Crippen LogP contribution in [0.5, 0.6) is 0 Å². The molecule has 0 bridgehead atoms. The summed E-state index contributed by atoms with van der Waals surface area (Å²) in [5.74, 6) is -0.0675. The fraction of sp³-hybridized carbons (Fsp3) is 0.263. The van der Waals surface area contributed by atoms with Crippen LogP contribution in [0.4, 0.5) is 5.69 Å². The second-order valence-electron chi connectivity index (χ2n) is 6.45. The SMILES string of the molecule is CN(C)c1ccc([C@H](CNS(C)(=O)=O)c2c[nH]c3ccccc23)cc1. The van der Waals surface area contributed by atoms with Gasteiger partial charge < -0.3 is 9.88 Å². The van der Waals surface area contributed by atoms with E-state index in [0.717, 1.165) is 27.7 Å². The van der Waals surface area contributed by atoms with Gasteiger partial charge in [-0.3, -0.25) is 0 Å². The number of anilines is 1. The van der Waals surface area contributed by atoms with Crippen molar-refractivity contribution in [2.24, 2.45) is 0 Å². The third-order valence-electron chi connectivity index (χ3n) is 4.36. The summed E-state index contributed by atoms with van der Waals surface area (Å²) in [6, 6.07) is 16.3. The second kappa shape index (κ2) is 6.90. The van der Waals surface area contributed by atoms with E-state index in [1.807, 2.05) is 43.4 Å². The molecule has 0 fully saturated rings. The van der Waals surface area contributed by atoms with E-state index in [4.69, 9.17) is 0 Å². The van der Waals surface area contributed by atoms with E-state index in [9.17, 15) is 8.42 Å². The number of nitrogens with one attached hydrogen (secondary N) is 2. The molecule has 1 aromatic heterocycles. The Hall–Kier alpha value is -2.31. The van der Waals surface area contributed by atoms with E-state index < -0.39 is 10.0 Å². The lowest BCUT2D eigenvalue weighted by Gasteiger charge is -2.19. The first kappa shape index (κ1) is 17.5. The van der Waals surface area contributed by atoms with Gasteiger partial charge in [-0.05, 0) is 29.3 Å². The van der Waals surface area contributed by atoms with Gasteiger partial charge in [0.2, 0.25) is 10.0 Å². The van der Waals surface area contributed by atoms with E-state index in [1.54, 1.807) is 0 Å². The Labute approximate surface area is 148 Å². The lowest BCUT2D eigenvalue weighted by atomic mass is 9.91. The number of fused-ring (bicyclic) bond motifs is 1. The maximum atomic E-state index is 11.6. The number of aromatic amines is 1. The number of aromatic nitrogens is 1. The van der Waals surface area contributed by atoms with Crippen molar-refractivity contribution >= 4 is 26.6 Å². The van der Waals surface area contributed by atoms with E-state index in [1.165, 1.54) is 6.26 Å². The van der Waals surface area contributed by atoms with E-state index in [0.29, 0.717) is 6.54 Å². The quantitative estimate of drug-likeness (QED) is 0.713. The fourth-order valence-corrected chi connectivity index (χ4v) is 3.50. The number of H-pyrrole nitrogens is 1. The lowest BCUT2D eigenvalue weighted by Crippen LogP contribution is -2.27. The Morgan fingerprint density at radius 1 is 1.08 bits per heavy atom. The number of hydrogen-bond donors (Lipinski definition) is 2. The summed E-state index contributed by atoms with van der Waals surface area (Å²) in [6.45, 7) is 0.321. The molecule has 0 aliphatic carbocycles. The van der Waals surface area contributed by atoms with Crippen molar-refractivity contribution in [1.82, 2.24) is 9.71 Å². The molecular weight excluding hydrogens is 334 g/mol. The molecule has 0 aliphatic heterocycles. The number of nitrogens with zero attached hydrogens (tertiary/aromatic N) is 1. The first-order chi connectivity index (χ1) is 11.8. The molecule has 0 saturated carbocycles. The highest BCUT2D eigenvalue weighted by Crippen LogP contribution is 2.31. The predicted octanol–water partition coefficient (Wildman–Crippen LogP) is 2.92. The zero-order valence-corrected chi connectivity index (χ0v) is 15.5. The lowest BCUT2D eigenvalue weighted by molar-refractivity contribution is 0.584. The Bertz CT molecular complexity index is 960. The smallest absolute Gasteiger partial charge is 0.208 e. The van der Waals surface area contributed by atoms with Crippen LogP contribution >= 0.6 is 0 Å². The van der Waals surface area contributed by atoms with Crippen molar-refractivity contribution in [2.45, 2.75) is 5.92 Å². The summed E-state index contributed by atoms with van der Waals surface area (Å²) in [5, 5.41) is 1.11. The zero-order chi connectivity index (χ0) is 18.0. The minimum atomic E-state index is -3.26. The van der Waals surface area contributed by atoms with Gasteiger partial charge in [-0.25, -0.2) is 13.1 Å². The molecule has 0 amide bonds. The summed E-state index contributed by atoms with van der Waals surface area (Å²) < 4.78 is 25.9. The highest BCUT2D eigenvalue weighted by atomic mass is 32.2. The molecule has 0 radical (unpaired) electrons. The van der Waals surface area contributed by atoms with E-state index >= 15 is 0 Å². The molecule has 0 saturated heterocycles. The van der Waals surface area contributed by atoms with Crippen molar-refractivity contribution in [3.8, 4) is 0 Å². The average Bonchev–Trinajstić information content (AvgIpc) is 2.99. The van der Waals surface area contributed by atoms with Gasteiger partial charge in [0.05, 0.1) is 6.26 Å². The van der Waals surface area contributed by atoms with Crippen LogP contribution in [0.15, 0.2) is 54.7 Å². The zero-order valence-electron chi connectivity index (χ0n) is 14.7. The monoisotopic (exact) mass is 357 g/mol. The third-order valence-corrected chi connectivity index (χ3v) is 5.05. The van der Waals surface area contributed by atoms with Crippen molar-refractivity contribution < 1.29 is 8.42 Å². The first-order valence-corrected chi connectivity index (χ1v) is 10.0. The van der Waals surface area contributed by atoms with Crippen LogP contribution in [0.1, 0.15) is 17.0 Å². The molecule has 0 spiro atoms. The molecule has 0 aliphatic rings. The molecule has 132 valence electrons. The Balaban J connectivity index is 2.03. The topological polar surface area (TPSA) is 65.2 Å². The fourth-order valence-electron chi connectivity index (χ4n) is 3.03. The van der Waals surface area contributed by atoms with Crippen LogP contribution in [-0.4, -0.2) is 40.3 Å². The maximum Gasteiger partial charge on any atom is 0.208 e. The van der Waals surface area contributed by atoms with Gasteiger partial charge in [0.25, 0.3) is 0 Å². The molecule has 6 heteroatoms. The third kappa shape index (κ3) is 4.03. The van der Waals surface area contributed by atoms with E-state index in [2.05, 4.69) is 40.0 Å². The van der Waals surface area contributed by atoms with Gasteiger partial charge in [0.15, 0.2) is 0 Å². The minimum absolute atomic E-state index is 0.0675. The largest absolute Gasteiger partial charge is 0.378 e. The molecule has 5 nitrogen and oxygen atoms in total. The summed E-state index contributed by atoms with van der Waals surface area (Å²) in [5.41, 5.74) is 4.32. The van der Waals surface area contributed by atoms with Gasteiger partial charge in [-0.2, -0.15) is 0 Å². The summed E-state index contributed by atoms with van der Waals surface area (Å²) in [6.07, 6.45) is 3.16. The Morgan fingerprint density at radius 2 is 1.76 bits per heavy atom. The molecule has 1 atom stereocenters. The van der Waals surface area contributed by atoms with Gasteiger partial charge in [-0.1, -0.05) is 30.3 Å². The maximum absolute atomic E-state index is 11.6. The summed E-state index contributed by atoms with van der Waals surface area (Å²) >= 11 is 0. The molecular formula is C19H23N3O2S. The second-order valence-corrected chi connectivity index (χ2v) is 8.28. The molecule has 3 rings (SSSR count). The number of benzene rings is 2. The van der Waals surface area contributed by atoms with Gasteiger partial charge >= 0.3 is 0 Å². The Kier molecular flexibility index (Phi) is 4.83. The van der Waals surface area contributed by atoms with Crippen LogP contribution in [0.2, 0.25) is 0 Å². The molecule has 1 heterocycles. The predicted molar refractivity (Wildman–Crippen MR) is 104 cm³/mol. The molecule has 3 aromatic rings. The molecule has 2 aromatic carbocycles. The van der Waals surface area contributed by atoms with Crippen LogP contribution in [0.25, 0.3) is 10.9 Å². The average molecular weight is 357 g/mol. The van der Waals surface area contributed by atoms with Gasteiger partial charge in [0.1, 0.15) is 0 Å². The number of hydrogen-bond acceptors (Lipinski definition) is 3. The molecule has 0 unspecified atom stereocenters. The van der Waals surface area contributed by atoms with Crippen LogP contribution < -0.4 is 9.62 Å². The van der Waals surface area contributed by atoms with Crippen LogP contribution in [0, 0.1) is 0 Å². The van der Waals surface area contributed by atoms with Crippen molar-refractivity contribution in [1.29, 1.82) is 0 Å². The normalized spacial score (nSPS) is 13.1. The van der Waals surface area contributed by atoms with Crippen molar-refractivity contribution in [3.63, 3.8) is 0 Å². The summed E-state index contributed by atoms with van der Waals surface area (Å²) in [7, 11) is 0.733. The number of sulfonamides is 1. The standard InChI is InChI=1S/C19H23N3O2S/c1-22(2)15-10-8-14(9-11-15)17(13-21-25(3,23)24)18-12-20-19-7-5-4-6-16(18)19/h4-12,17,20-21H,13H2,1-3H3/t17-/m0/s1. The van der Waals surface area contributed by atoms with Crippen molar-refractivity contribution in [3.05, 3.63) is 65.9 Å². The number of rotatable bonds is 6. The minimum Gasteiger partial charge on any atom is -0.378 e. The molecule has 2 N–H and O–H groups in total. The van der Waals surface area contributed by atoms with Crippen LogP contribution in [-0.2, 0) is 10.0 Å². The number of para-hydroxylation sites is 1. The van der Waals surface area contributed by atoms with Gasteiger partial charge in [-0.15, -0.1) is 0 Å². The molecule has 25 heavy (non-hydrogen) atoms. The van der Waals surface area contributed by atoms with Crippen molar-refractivity contribution in [2.75, 3.05) is 31.8 Å². The highest BCUT2D eigenvalue weighted by molar-refractivity contribution is 7.88. The van der Waals surface area contributed by atoms with E-state index in [-0.39, 0.29) is 5.92 Å². The summed E-state index contributed by atoms with van der Waals surface area (Å²) in [4.78, 5) is 5.32. The van der Waals surface area contributed by atoms with Gasteiger partial charge in [0, 0.05) is 49.3 Å². The van der Waals surface area contributed by atoms with Crippen LogP contribution in [0.3, 0.4) is 0 Å². The first-order valence-electron chi connectivity index (χ1n) is 8.13. The Morgan fingerprint density at radius 3 is 2.40 bits per heavy atom. The highest BCUT2D eigenvalue weighted by Gasteiger charge is 2.19.